The first-order valence-corrected chi connectivity index (χ1v) is 14.6. The van der Waals surface area contributed by atoms with Gasteiger partial charge in [0.1, 0.15) is 30.0 Å². The molecule has 2 unspecified atom stereocenters. The van der Waals surface area contributed by atoms with Gasteiger partial charge < -0.3 is 34.9 Å². The van der Waals surface area contributed by atoms with Gasteiger partial charge in [0.25, 0.3) is 5.91 Å². The molecule has 3 aliphatic rings. The molecule has 0 aliphatic carbocycles. The second-order valence-electron chi connectivity index (χ2n) is 11.2. The number of aromatic nitrogens is 2. The minimum absolute atomic E-state index is 0.0587. The third-order valence-electron chi connectivity index (χ3n) is 7.75. The second-order valence-corrected chi connectivity index (χ2v) is 11.2. The number of rotatable bonds is 13. The van der Waals surface area contributed by atoms with Gasteiger partial charge in [-0.05, 0) is 43.0 Å². The Morgan fingerprint density at radius 3 is 2.88 bits per heavy atom. The Labute approximate surface area is 241 Å². The number of carbonyl (C=O) groups is 1. The second kappa shape index (κ2) is 13.8. The Balaban J connectivity index is 1.11. The van der Waals surface area contributed by atoms with Crippen LogP contribution in [0.2, 0.25) is 0 Å². The molecule has 5 rings (SSSR count). The molecule has 0 bridgehead atoms. The van der Waals surface area contributed by atoms with Gasteiger partial charge in [-0.1, -0.05) is 13.0 Å². The van der Waals surface area contributed by atoms with E-state index in [-0.39, 0.29) is 36.3 Å². The highest BCUT2D eigenvalue weighted by Crippen LogP contribution is 2.25. The van der Waals surface area contributed by atoms with Gasteiger partial charge in [-0.25, -0.2) is 4.98 Å². The number of ether oxygens (including phenoxy) is 3. The number of benzene rings is 1. The summed E-state index contributed by atoms with van der Waals surface area (Å²) in [4.78, 5) is 26.2. The van der Waals surface area contributed by atoms with Crippen LogP contribution in [-0.2, 0) is 22.4 Å². The molecule has 1 aromatic heterocycles. The minimum Gasteiger partial charge on any atom is -0.491 e. The lowest BCUT2D eigenvalue weighted by atomic mass is 9.99. The quantitative estimate of drug-likeness (QED) is 0.275. The molecule has 2 fully saturated rings. The van der Waals surface area contributed by atoms with E-state index in [4.69, 9.17) is 14.2 Å². The maximum absolute atomic E-state index is 13.0. The number of nitrogens with one attached hydrogen (secondary N) is 3. The molecular formula is C29H43N7O5. The maximum Gasteiger partial charge on any atom is 0.270 e. The SMILES string of the molecule is CCCN(C)c1nc(NC2COC2)cc(C(=O)NC[C@H](O)CN2CCc3cc(OCC4OCNC4C)ccc3C2)n1. The Bertz CT molecular complexity index is 1180. The fraction of sp³-hybridized carbons (Fsp3) is 0.621. The number of carbonyl (C=O) groups excluding carboxylic acids is 1. The van der Waals surface area contributed by atoms with Crippen molar-refractivity contribution in [3.8, 4) is 5.75 Å². The van der Waals surface area contributed by atoms with Gasteiger partial charge in [0.2, 0.25) is 5.95 Å². The monoisotopic (exact) mass is 569 g/mol. The Hall–Kier alpha value is -3.03. The molecule has 41 heavy (non-hydrogen) atoms. The summed E-state index contributed by atoms with van der Waals surface area (Å²) in [6.45, 7) is 9.43. The number of hydrogen-bond acceptors (Lipinski definition) is 11. The number of aliphatic hydroxyl groups excluding tert-OH is 1. The molecule has 0 spiro atoms. The average Bonchev–Trinajstić information content (AvgIpc) is 3.36. The third-order valence-corrected chi connectivity index (χ3v) is 7.75. The van der Waals surface area contributed by atoms with Crippen LogP contribution in [0.4, 0.5) is 11.8 Å². The topological polar surface area (TPSA) is 133 Å². The lowest BCUT2D eigenvalue weighted by Crippen LogP contribution is -2.42. The first-order chi connectivity index (χ1) is 19.9. The molecule has 3 aliphatic heterocycles. The van der Waals surface area contributed by atoms with Crippen molar-refractivity contribution in [1.82, 2.24) is 25.5 Å². The van der Waals surface area contributed by atoms with Crippen LogP contribution in [0.25, 0.3) is 0 Å². The first-order valence-electron chi connectivity index (χ1n) is 14.6. The number of hydrogen-bond donors (Lipinski definition) is 4. The van der Waals surface area contributed by atoms with Crippen molar-refractivity contribution in [2.45, 2.75) is 57.5 Å². The molecule has 2 saturated heterocycles. The fourth-order valence-electron chi connectivity index (χ4n) is 5.19. The zero-order chi connectivity index (χ0) is 28.8. The molecule has 12 heteroatoms. The summed E-state index contributed by atoms with van der Waals surface area (Å²) >= 11 is 0. The number of anilines is 2. The highest BCUT2D eigenvalue weighted by Gasteiger charge is 2.25. The number of fused-ring (bicyclic) bond motifs is 1. The van der Waals surface area contributed by atoms with E-state index < -0.39 is 6.10 Å². The van der Waals surface area contributed by atoms with Gasteiger partial charge in [-0.2, -0.15) is 4.98 Å². The van der Waals surface area contributed by atoms with Crippen molar-refractivity contribution in [2.75, 3.05) is 70.0 Å². The van der Waals surface area contributed by atoms with E-state index in [2.05, 4.69) is 56.8 Å². The van der Waals surface area contributed by atoms with Crippen LogP contribution in [0, 0.1) is 0 Å². The van der Waals surface area contributed by atoms with E-state index in [1.165, 1.54) is 11.1 Å². The number of aliphatic hydroxyl groups is 1. The maximum atomic E-state index is 13.0. The zero-order valence-corrected chi connectivity index (χ0v) is 24.3. The average molecular weight is 570 g/mol. The van der Waals surface area contributed by atoms with Crippen molar-refractivity contribution in [3.05, 3.63) is 41.1 Å². The number of β-amino-alcohol motifs (C(OH)–C–C–N with tert-alkyl or cyclic N) is 1. The Morgan fingerprint density at radius 2 is 2.15 bits per heavy atom. The molecule has 4 N–H and O–H groups in total. The van der Waals surface area contributed by atoms with Gasteiger partial charge in [0, 0.05) is 51.9 Å². The van der Waals surface area contributed by atoms with E-state index in [1.807, 2.05) is 18.0 Å². The van der Waals surface area contributed by atoms with Gasteiger partial charge in [0.15, 0.2) is 0 Å². The molecule has 0 radical (unpaired) electrons. The highest BCUT2D eigenvalue weighted by atomic mass is 16.5. The van der Waals surface area contributed by atoms with Crippen LogP contribution in [0.1, 0.15) is 41.9 Å². The Kier molecular flexibility index (Phi) is 9.88. The van der Waals surface area contributed by atoms with Crippen LogP contribution in [0.3, 0.4) is 0 Å². The predicted molar refractivity (Wildman–Crippen MR) is 155 cm³/mol. The standard InChI is InChI=1S/C29H43N7O5/c1-4-8-35(3)29-33-25(11-27(34-29)32-22-15-39-16-22)28(38)30-12-23(37)14-36-9-7-20-10-24(6-5-21(20)13-36)40-17-26-19(2)31-18-41-26/h5-6,10-11,19,22-23,26,31,37H,4,7-9,12-18H2,1-3H3,(H,30,38)(H,32,33,34)/t19?,23-,26?/m0/s1. The van der Waals surface area contributed by atoms with E-state index in [0.717, 1.165) is 38.2 Å². The number of nitrogens with zero attached hydrogens (tertiary/aromatic N) is 4. The molecule has 3 atom stereocenters. The summed E-state index contributed by atoms with van der Waals surface area (Å²) in [5.74, 6) is 1.60. The van der Waals surface area contributed by atoms with Crippen molar-refractivity contribution in [3.63, 3.8) is 0 Å². The summed E-state index contributed by atoms with van der Waals surface area (Å²) in [6, 6.07) is 8.33. The van der Waals surface area contributed by atoms with Crippen LogP contribution in [0.15, 0.2) is 24.3 Å². The number of amides is 1. The summed E-state index contributed by atoms with van der Waals surface area (Å²) in [6.07, 6.45) is 1.16. The van der Waals surface area contributed by atoms with Crippen LogP contribution in [0.5, 0.6) is 5.75 Å². The van der Waals surface area contributed by atoms with Crippen molar-refractivity contribution in [2.24, 2.45) is 0 Å². The van der Waals surface area contributed by atoms with E-state index in [9.17, 15) is 9.90 Å². The van der Waals surface area contributed by atoms with Crippen LogP contribution >= 0.6 is 0 Å². The summed E-state index contributed by atoms with van der Waals surface area (Å²) in [7, 11) is 1.91. The predicted octanol–water partition coefficient (Wildman–Crippen LogP) is 0.996. The molecule has 4 heterocycles. The minimum atomic E-state index is -0.709. The lowest BCUT2D eigenvalue weighted by Gasteiger charge is -2.30. The lowest BCUT2D eigenvalue weighted by molar-refractivity contribution is 0.0209. The smallest absolute Gasteiger partial charge is 0.270 e. The summed E-state index contributed by atoms with van der Waals surface area (Å²) < 4.78 is 16.9. The van der Waals surface area contributed by atoms with Gasteiger partial charge in [-0.3, -0.25) is 15.0 Å². The molecule has 2 aromatic rings. The van der Waals surface area contributed by atoms with E-state index in [1.54, 1.807) is 6.07 Å². The van der Waals surface area contributed by atoms with E-state index in [0.29, 0.717) is 44.9 Å². The normalized spacial score (nSPS) is 21.6. The van der Waals surface area contributed by atoms with Gasteiger partial charge >= 0.3 is 0 Å². The highest BCUT2D eigenvalue weighted by molar-refractivity contribution is 5.93. The third kappa shape index (κ3) is 7.83. The van der Waals surface area contributed by atoms with Crippen molar-refractivity contribution in [1.29, 1.82) is 0 Å². The first kappa shape index (κ1) is 29.5. The molecule has 1 amide bonds. The molecular weight excluding hydrogens is 526 g/mol. The molecule has 224 valence electrons. The van der Waals surface area contributed by atoms with Crippen LogP contribution in [-0.4, -0.2) is 110 Å². The van der Waals surface area contributed by atoms with Crippen LogP contribution < -0.4 is 25.6 Å². The van der Waals surface area contributed by atoms with Crippen molar-refractivity contribution >= 4 is 17.7 Å². The van der Waals surface area contributed by atoms with E-state index >= 15 is 0 Å². The largest absolute Gasteiger partial charge is 0.491 e. The fourth-order valence-corrected chi connectivity index (χ4v) is 5.19. The van der Waals surface area contributed by atoms with Crippen molar-refractivity contribution < 1.29 is 24.1 Å². The molecule has 0 saturated carbocycles. The molecule has 12 nitrogen and oxygen atoms in total. The van der Waals surface area contributed by atoms with Gasteiger partial charge in [-0.15, -0.1) is 0 Å². The van der Waals surface area contributed by atoms with Gasteiger partial charge in [0.05, 0.1) is 32.1 Å². The Morgan fingerprint density at radius 1 is 1.29 bits per heavy atom. The summed E-state index contributed by atoms with van der Waals surface area (Å²) in [5.41, 5.74) is 2.77. The molecule has 1 aromatic carbocycles. The zero-order valence-electron chi connectivity index (χ0n) is 24.3. The summed E-state index contributed by atoms with van der Waals surface area (Å²) in [5, 5.41) is 20.2.